The molecule has 0 unspecified atom stereocenters. The van der Waals surface area contributed by atoms with E-state index in [0.717, 1.165) is 33.4 Å². The van der Waals surface area contributed by atoms with Gasteiger partial charge in [-0.1, -0.05) is 41.4 Å². The highest BCUT2D eigenvalue weighted by Gasteiger charge is 2.18. The molecule has 0 radical (unpaired) electrons. The molecule has 6 aromatic rings. The van der Waals surface area contributed by atoms with Gasteiger partial charge in [-0.3, -0.25) is 24.5 Å². The van der Waals surface area contributed by atoms with Crippen molar-refractivity contribution in [2.45, 2.75) is 84.2 Å². The van der Waals surface area contributed by atoms with Crippen molar-refractivity contribution in [3.05, 3.63) is 158 Å². The van der Waals surface area contributed by atoms with Gasteiger partial charge in [0.05, 0.1) is 46.2 Å². The van der Waals surface area contributed by atoms with E-state index in [1.807, 2.05) is 31.2 Å². The number of aliphatic hydroxyl groups is 2. The molecule has 3 aromatic heterocycles. The summed E-state index contributed by atoms with van der Waals surface area (Å²) in [6.07, 6.45) is 7.87. The van der Waals surface area contributed by atoms with Crippen molar-refractivity contribution >= 4 is 35.1 Å². The zero-order chi connectivity index (χ0) is 49.3. The Bertz CT molecular complexity index is 2850. The minimum Gasteiger partial charge on any atom is -0.488 e. The van der Waals surface area contributed by atoms with Gasteiger partial charge in [-0.25, -0.2) is 0 Å². The molecule has 356 valence electrons. The fourth-order valence-corrected chi connectivity index (χ4v) is 7.70. The highest BCUT2D eigenvalue weighted by molar-refractivity contribution is 6.32. The lowest BCUT2D eigenvalue weighted by atomic mass is 9.97. The van der Waals surface area contributed by atoms with Crippen LogP contribution in [0.3, 0.4) is 0 Å². The number of nitriles is 2. The number of carboxylic acids is 2. The number of hydrogen-bond donors (Lipinski definition) is 5. The number of nitrogens with one attached hydrogen (secondary N) is 1. The number of carbonyl (C=O) groups is 2. The second kappa shape index (κ2) is 25.2. The fourth-order valence-electron chi connectivity index (χ4n) is 7.21. The molecule has 0 aliphatic carbocycles. The van der Waals surface area contributed by atoms with Gasteiger partial charge < -0.3 is 44.7 Å². The van der Waals surface area contributed by atoms with Gasteiger partial charge in [0, 0.05) is 90.2 Å². The minimum atomic E-state index is -1.12. The number of aryl methyl sites for hydroxylation is 1. The van der Waals surface area contributed by atoms with Crippen LogP contribution in [0.4, 0.5) is 0 Å². The molecule has 3 aromatic carbocycles. The number of nitrogens with zero attached hydrogens (tertiary/aromatic N) is 5. The van der Waals surface area contributed by atoms with Gasteiger partial charge >= 0.3 is 11.9 Å². The van der Waals surface area contributed by atoms with E-state index in [2.05, 4.69) is 32.4 Å². The quantitative estimate of drug-likeness (QED) is 0.0362. The predicted molar refractivity (Wildman–Crippen MR) is 254 cm³/mol. The Labute approximate surface area is 408 Å². The number of hydrogen-bond acceptors (Lipinski definition) is 14. The largest absolute Gasteiger partial charge is 0.488 e. The summed E-state index contributed by atoms with van der Waals surface area (Å²) in [7, 11) is 0. The van der Waals surface area contributed by atoms with Crippen LogP contribution in [-0.2, 0) is 49.0 Å². The summed E-state index contributed by atoms with van der Waals surface area (Å²) >= 11 is 13.5. The van der Waals surface area contributed by atoms with Crippen molar-refractivity contribution in [1.82, 2.24) is 20.3 Å². The number of aliphatic carboxylic acids is 2. The predicted octanol–water partition coefficient (Wildman–Crippen LogP) is 8.30. The smallest absolute Gasteiger partial charge is 0.306 e. The zero-order valence-corrected chi connectivity index (χ0v) is 38.9. The lowest BCUT2D eigenvalue weighted by Gasteiger charge is -2.18. The second-order valence-electron chi connectivity index (χ2n) is 16.0. The summed E-state index contributed by atoms with van der Waals surface area (Å²) in [6, 6.07) is 22.0. The molecule has 18 heteroatoms. The normalized spacial score (nSPS) is 11.8. The molecule has 16 nitrogen and oxygen atoms in total. The third-order valence-corrected chi connectivity index (χ3v) is 11.3. The van der Waals surface area contributed by atoms with Crippen molar-refractivity contribution in [2.24, 2.45) is 0 Å². The van der Waals surface area contributed by atoms with E-state index in [-0.39, 0.29) is 52.4 Å². The highest BCUT2D eigenvalue weighted by atomic mass is 35.5. The Morgan fingerprint density at radius 3 is 1.77 bits per heavy atom. The molecule has 5 N–H and O–H groups in total. The molecule has 2 atom stereocenters. The number of aromatic nitrogens is 3. The number of aliphatic hydroxyl groups excluding tert-OH is 2. The van der Waals surface area contributed by atoms with Crippen LogP contribution >= 0.6 is 23.2 Å². The average molecular weight is 976 g/mol. The van der Waals surface area contributed by atoms with E-state index in [4.69, 9.17) is 52.4 Å². The standard InChI is InChI=1S/C51H48Cl2N6O10/c1-31-38(30-69-49-16-47(67-28-35-9-33(18-55)20-57-22-35)40(12-45(49)53)25-59-26-42(61)14-51(64)65)5-3-7-43(31)39-10-36(23-58-24-39)29-68-48-15-46(66-27-34-8-32(17-54)19-56-21-34)37(11-44(48)52)4-2-6-41(60)13-50(62)63/h3,5,7-12,15-16,19-24,41-42,59-61H,2,4,6,13-14,25-30H2,1H3,(H,62,63)(H,64,65)/t41-,42+/m1/s1. The molecule has 3 heterocycles. The van der Waals surface area contributed by atoms with Crippen LogP contribution in [0.5, 0.6) is 23.0 Å². The molecule has 0 aliphatic rings. The Morgan fingerprint density at radius 2 is 1.17 bits per heavy atom. The van der Waals surface area contributed by atoms with Crippen LogP contribution in [0, 0.1) is 29.6 Å². The molecule has 6 rings (SSSR count). The summed E-state index contributed by atoms with van der Waals surface area (Å²) in [5, 5.41) is 60.6. The number of ether oxygens (including phenoxy) is 4. The number of benzene rings is 3. The van der Waals surface area contributed by atoms with E-state index in [9.17, 15) is 30.3 Å². The van der Waals surface area contributed by atoms with Gasteiger partial charge in [0.1, 0.15) is 61.6 Å². The number of carboxylic acid groups (broad SMARTS) is 2. The lowest BCUT2D eigenvalue weighted by molar-refractivity contribution is -0.140. The van der Waals surface area contributed by atoms with Gasteiger partial charge in [-0.15, -0.1) is 0 Å². The maximum atomic E-state index is 11.1. The van der Waals surface area contributed by atoms with Crippen molar-refractivity contribution in [2.75, 3.05) is 6.54 Å². The van der Waals surface area contributed by atoms with E-state index < -0.39 is 30.6 Å². The lowest BCUT2D eigenvalue weighted by Crippen LogP contribution is -2.28. The number of pyridine rings is 3. The van der Waals surface area contributed by atoms with Gasteiger partial charge in [0.2, 0.25) is 0 Å². The van der Waals surface area contributed by atoms with Crippen molar-refractivity contribution < 1.29 is 49.0 Å². The van der Waals surface area contributed by atoms with Crippen LogP contribution in [0.25, 0.3) is 11.1 Å². The highest BCUT2D eigenvalue weighted by Crippen LogP contribution is 2.37. The van der Waals surface area contributed by atoms with Crippen LogP contribution in [0.15, 0.2) is 97.8 Å². The molecule has 0 amide bonds. The summed E-state index contributed by atoms with van der Waals surface area (Å²) in [6.45, 7) is 2.62. The maximum Gasteiger partial charge on any atom is 0.306 e. The average Bonchev–Trinajstić information content (AvgIpc) is 3.32. The number of rotatable bonds is 25. The summed E-state index contributed by atoms with van der Waals surface area (Å²) in [5.41, 5.74) is 7.75. The Balaban J connectivity index is 1.16. The first-order valence-corrected chi connectivity index (χ1v) is 22.4. The van der Waals surface area contributed by atoms with Crippen molar-refractivity contribution in [3.63, 3.8) is 0 Å². The first-order valence-electron chi connectivity index (χ1n) is 21.7. The van der Waals surface area contributed by atoms with Gasteiger partial charge in [0.15, 0.2) is 0 Å². The van der Waals surface area contributed by atoms with Crippen LogP contribution in [0.2, 0.25) is 10.0 Å². The molecule has 0 saturated heterocycles. The van der Waals surface area contributed by atoms with Crippen molar-refractivity contribution in [1.29, 1.82) is 10.5 Å². The molecular weight excluding hydrogens is 927 g/mol. The van der Waals surface area contributed by atoms with Crippen LogP contribution in [-0.4, -0.2) is 66.1 Å². The Hall–Kier alpha value is -7.31. The first kappa shape index (κ1) is 51.1. The van der Waals surface area contributed by atoms with E-state index >= 15 is 0 Å². The topological polar surface area (TPSA) is 250 Å². The van der Waals surface area contributed by atoms with E-state index in [1.54, 1.807) is 61.2 Å². The van der Waals surface area contributed by atoms with Crippen LogP contribution < -0.4 is 24.3 Å². The molecule has 0 spiro atoms. The number of halogens is 2. The van der Waals surface area contributed by atoms with E-state index in [1.165, 1.54) is 12.4 Å². The van der Waals surface area contributed by atoms with E-state index in [0.29, 0.717) is 73.7 Å². The molecule has 0 bridgehead atoms. The first-order chi connectivity index (χ1) is 33.3. The summed E-state index contributed by atoms with van der Waals surface area (Å²) < 4.78 is 24.9. The van der Waals surface area contributed by atoms with Gasteiger partial charge in [-0.2, -0.15) is 10.5 Å². The molecule has 69 heavy (non-hydrogen) atoms. The van der Waals surface area contributed by atoms with Gasteiger partial charge in [0.25, 0.3) is 0 Å². The fraction of sp³-hybridized carbons (Fsp3) is 0.275. The summed E-state index contributed by atoms with van der Waals surface area (Å²) in [5.74, 6) is -0.619. The third-order valence-electron chi connectivity index (χ3n) is 10.7. The zero-order valence-electron chi connectivity index (χ0n) is 37.4. The van der Waals surface area contributed by atoms with Crippen LogP contribution in [0.1, 0.15) is 75.8 Å². The molecular formula is C51H48Cl2N6O10. The molecule has 0 saturated carbocycles. The minimum absolute atomic E-state index is 0.0183. The molecule has 0 aliphatic heterocycles. The second-order valence-corrected chi connectivity index (χ2v) is 16.8. The van der Waals surface area contributed by atoms with Gasteiger partial charge in [-0.05, 0) is 78.8 Å². The van der Waals surface area contributed by atoms with Crippen molar-refractivity contribution in [3.8, 4) is 46.3 Å². The SMILES string of the molecule is Cc1c(COc2cc(OCc3cncc(C#N)c3)c(CNC[C@@H](O)CC(=O)O)cc2Cl)cccc1-c1cncc(COc2cc(OCc3cncc(C#N)c3)c(CCC[C@@H](O)CC(=O)O)cc2Cl)c1. The molecule has 0 fully saturated rings. The summed E-state index contributed by atoms with van der Waals surface area (Å²) in [4.78, 5) is 34.8. The Morgan fingerprint density at radius 1 is 0.652 bits per heavy atom. The third kappa shape index (κ3) is 15.4. The Kier molecular flexibility index (Phi) is 18.6. The monoisotopic (exact) mass is 974 g/mol. The maximum absolute atomic E-state index is 11.1.